The lowest BCUT2D eigenvalue weighted by molar-refractivity contribution is 0.184. The second kappa shape index (κ2) is 6.81. The molecule has 0 aromatic heterocycles. The molecule has 0 saturated carbocycles. The van der Waals surface area contributed by atoms with Crippen LogP contribution in [0.25, 0.3) is 0 Å². The number of rotatable bonds is 2. The Morgan fingerprint density at radius 1 is 1.23 bits per heavy atom. The quantitative estimate of drug-likeness (QED) is 0.605. The van der Waals surface area contributed by atoms with E-state index in [4.69, 9.17) is 0 Å². The molecule has 0 spiro atoms. The fraction of sp³-hybridized carbons (Fsp3) is 0.636. The van der Waals surface area contributed by atoms with Crippen LogP contribution in [-0.2, 0) is 0 Å². The Hall–Kier alpha value is -0.660. The van der Waals surface area contributed by atoms with E-state index >= 15 is 0 Å². The van der Waals surface area contributed by atoms with Crippen molar-refractivity contribution in [3.63, 3.8) is 0 Å². The monoisotopic (exact) mass is 188 g/mol. The number of alkyl halides is 2. The van der Waals surface area contributed by atoms with E-state index in [2.05, 4.69) is 0 Å². The summed E-state index contributed by atoms with van der Waals surface area (Å²) >= 11 is 0. The SMILES string of the molecule is CC.CCC1=CC=C(C(F)F)CC1. The summed E-state index contributed by atoms with van der Waals surface area (Å²) in [7, 11) is 0. The maximum atomic E-state index is 12.1. The highest BCUT2D eigenvalue weighted by Gasteiger charge is 2.13. The summed E-state index contributed by atoms with van der Waals surface area (Å²) in [6.45, 7) is 6.05. The molecule has 13 heavy (non-hydrogen) atoms. The van der Waals surface area contributed by atoms with Crippen molar-refractivity contribution in [1.29, 1.82) is 0 Å². The van der Waals surface area contributed by atoms with Crippen LogP contribution in [0.5, 0.6) is 0 Å². The Kier molecular flexibility index (Phi) is 6.47. The highest BCUT2D eigenvalue weighted by atomic mass is 19.3. The zero-order valence-corrected chi connectivity index (χ0v) is 8.61. The van der Waals surface area contributed by atoms with Crippen molar-refractivity contribution >= 4 is 0 Å². The molecule has 0 aromatic rings. The van der Waals surface area contributed by atoms with Crippen LogP contribution in [0.4, 0.5) is 8.78 Å². The van der Waals surface area contributed by atoms with Gasteiger partial charge in [-0.25, -0.2) is 8.78 Å². The molecule has 1 aliphatic rings. The van der Waals surface area contributed by atoms with Crippen LogP contribution in [0.3, 0.4) is 0 Å². The molecule has 0 saturated heterocycles. The van der Waals surface area contributed by atoms with Crippen molar-refractivity contribution in [3.8, 4) is 0 Å². The standard InChI is InChI=1S/C9H12F2.C2H6/c1-2-7-3-5-8(6-4-7)9(10)11;1-2/h3,5,9H,2,4,6H2,1H3;1-2H3. The molecule has 0 unspecified atom stereocenters. The molecular weight excluding hydrogens is 170 g/mol. The predicted molar refractivity (Wildman–Crippen MR) is 53.0 cm³/mol. The molecule has 0 N–H and O–H groups in total. The molecule has 1 aliphatic carbocycles. The highest BCUT2D eigenvalue weighted by molar-refractivity contribution is 5.24. The summed E-state index contributed by atoms with van der Waals surface area (Å²) in [5, 5.41) is 0. The van der Waals surface area contributed by atoms with Crippen LogP contribution in [0.15, 0.2) is 23.3 Å². The van der Waals surface area contributed by atoms with Gasteiger partial charge in [-0.3, -0.25) is 0 Å². The summed E-state index contributed by atoms with van der Waals surface area (Å²) in [4.78, 5) is 0. The van der Waals surface area contributed by atoms with Crippen molar-refractivity contribution in [2.24, 2.45) is 0 Å². The molecule has 0 bridgehead atoms. The minimum absolute atomic E-state index is 0.280. The Morgan fingerprint density at radius 3 is 2.15 bits per heavy atom. The van der Waals surface area contributed by atoms with Crippen molar-refractivity contribution in [3.05, 3.63) is 23.3 Å². The molecular formula is C11H18F2. The van der Waals surface area contributed by atoms with Gasteiger partial charge in [-0.2, -0.15) is 0 Å². The van der Waals surface area contributed by atoms with Gasteiger partial charge in [-0.15, -0.1) is 0 Å². The van der Waals surface area contributed by atoms with Gasteiger partial charge < -0.3 is 0 Å². The van der Waals surface area contributed by atoms with Crippen molar-refractivity contribution < 1.29 is 8.78 Å². The first-order valence-corrected chi connectivity index (χ1v) is 4.90. The third kappa shape index (κ3) is 4.20. The Bertz CT molecular complexity index is 190. The maximum absolute atomic E-state index is 12.1. The van der Waals surface area contributed by atoms with Gasteiger partial charge in [0.05, 0.1) is 0 Å². The summed E-state index contributed by atoms with van der Waals surface area (Å²) < 4.78 is 24.1. The highest BCUT2D eigenvalue weighted by Crippen LogP contribution is 2.24. The Balaban J connectivity index is 0.000000671. The van der Waals surface area contributed by atoms with Crippen LogP contribution in [0, 0.1) is 0 Å². The molecule has 0 aromatic carbocycles. The molecule has 76 valence electrons. The number of hydrogen-bond donors (Lipinski definition) is 0. The number of allylic oxidation sites excluding steroid dienone is 4. The van der Waals surface area contributed by atoms with E-state index in [1.54, 1.807) is 6.08 Å². The van der Waals surface area contributed by atoms with Gasteiger partial charge in [-0.1, -0.05) is 38.5 Å². The van der Waals surface area contributed by atoms with Crippen LogP contribution in [0.2, 0.25) is 0 Å². The third-order valence-corrected chi connectivity index (χ3v) is 2.00. The summed E-state index contributed by atoms with van der Waals surface area (Å²) in [5.41, 5.74) is 1.55. The first kappa shape index (κ1) is 12.3. The van der Waals surface area contributed by atoms with E-state index in [-0.39, 0.29) is 5.57 Å². The predicted octanol–water partition coefficient (Wildman–Crippen LogP) is 4.33. The fourth-order valence-corrected chi connectivity index (χ4v) is 1.17. The molecule has 1 rings (SSSR count). The first-order chi connectivity index (χ1) is 6.24. The summed E-state index contributed by atoms with van der Waals surface area (Å²) in [5.74, 6) is 0. The third-order valence-electron chi connectivity index (χ3n) is 2.00. The van der Waals surface area contributed by atoms with E-state index < -0.39 is 6.43 Å². The van der Waals surface area contributed by atoms with Gasteiger partial charge in [0.25, 0.3) is 6.43 Å². The molecule has 0 atom stereocenters. The number of hydrogen-bond acceptors (Lipinski definition) is 0. The van der Waals surface area contributed by atoms with E-state index in [9.17, 15) is 8.78 Å². The van der Waals surface area contributed by atoms with E-state index in [0.717, 1.165) is 12.8 Å². The lowest BCUT2D eigenvalue weighted by atomic mass is 9.97. The first-order valence-electron chi connectivity index (χ1n) is 4.90. The van der Waals surface area contributed by atoms with Crippen molar-refractivity contribution in [1.82, 2.24) is 0 Å². The van der Waals surface area contributed by atoms with Gasteiger partial charge in [-0.05, 0) is 24.8 Å². The average Bonchev–Trinajstić information content (AvgIpc) is 2.21. The van der Waals surface area contributed by atoms with Crippen molar-refractivity contribution in [2.45, 2.75) is 46.5 Å². The largest absolute Gasteiger partial charge is 0.260 e. The van der Waals surface area contributed by atoms with Crippen LogP contribution in [0.1, 0.15) is 40.0 Å². The van der Waals surface area contributed by atoms with Gasteiger partial charge in [0, 0.05) is 0 Å². The molecule has 0 aliphatic heterocycles. The van der Waals surface area contributed by atoms with Crippen LogP contribution in [-0.4, -0.2) is 6.43 Å². The van der Waals surface area contributed by atoms with Gasteiger partial charge in [0.15, 0.2) is 0 Å². The van der Waals surface area contributed by atoms with Crippen LogP contribution < -0.4 is 0 Å². The summed E-state index contributed by atoms with van der Waals surface area (Å²) in [6, 6.07) is 0. The molecule has 0 fully saturated rings. The maximum Gasteiger partial charge on any atom is 0.260 e. The zero-order valence-electron chi connectivity index (χ0n) is 8.61. The average molecular weight is 188 g/mol. The second-order valence-corrected chi connectivity index (χ2v) is 2.72. The molecule has 0 heterocycles. The van der Waals surface area contributed by atoms with E-state index in [1.807, 2.05) is 26.8 Å². The fourth-order valence-electron chi connectivity index (χ4n) is 1.17. The molecule has 0 radical (unpaired) electrons. The van der Waals surface area contributed by atoms with E-state index in [1.165, 1.54) is 5.57 Å². The van der Waals surface area contributed by atoms with Gasteiger partial charge >= 0.3 is 0 Å². The van der Waals surface area contributed by atoms with Gasteiger partial charge in [0.2, 0.25) is 0 Å². The lowest BCUT2D eigenvalue weighted by Gasteiger charge is -2.12. The second-order valence-electron chi connectivity index (χ2n) is 2.72. The molecule has 2 heteroatoms. The normalized spacial score (nSPS) is 15.8. The zero-order chi connectivity index (χ0) is 10.3. The van der Waals surface area contributed by atoms with Crippen LogP contribution >= 0.6 is 0 Å². The summed E-state index contributed by atoms with van der Waals surface area (Å²) in [6.07, 6.45) is 3.46. The Morgan fingerprint density at radius 2 is 1.85 bits per heavy atom. The van der Waals surface area contributed by atoms with E-state index in [0.29, 0.717) is 6.42 Å². The molecule has 0 amide bonds. The van der Waals surface area contributed by atoms with Gasteiger partial charge in [0.1, 0.15) is 0 Å². The minimum atomic E-state index is -2.26. The lowest BCUT2D eigenvalue weighted by Crippen LogP contribution is -2.00. The van der Waals surface area contributed by atoms with Crippen molar-refractivity contribution in [2.75, 3.05) is 0 Å². The smallest absolute Gasteiger partial charge is 0.205 e. The minimum Gasteiger partial charge on any atom is -0.205 e. The number of halogens is 2. The molecule has 0 nitrogen and oxygen atoms in total. The Labute approximate surface area is 79.3 Å². The topological polar surface area (TPSA) is 0 Å².